The number of hydrogen-bond acceptors (Lipinski definition) is 5. The van der Waals surface area contributed by atoms with E-state index in [2.05, 4.69) is 11.0 Å². The topological polar surface area (TPSA) is 53.5 Å². The maximum atomic E-state index is 13.5. The Kier molecular flexibility index (Phi) is 4.21. The molecule has 1 amide bonds. The van der Waals surface area contributed by atoms with Crippen molar-refractivity contribution in [3.05, 3.63) is 58.9 Å². The second-order valence-corrected chi connectivity index (χ2v) is 8.36. The van der Waals surface area contributed by atoms with Gasteiger partial charge < -0.3 is 0 Å². The minimum atomic E-state index is -0.630. The Balaban J connectivity index is 1.36. The third-order valence-corrected chi connectivity index (χ3v) is 6.64. The quantitative estimate of drug-likeness (QED) is 0.633. The number of hydrogen-bond donors (Lipinski definition) is 0. The molecule has 3 aromatic rings. The molecule has 5 nitrogen and oxygen atoms in total. The summed E-state index contributed by atoms with van der Waals surface area (Å²) in [6.07, 6.45) is 2.07. The van der Waals surface area contributed by atoms with E-state index in [1.54, 1.807) is 11.3 Å². The Bertz CT molecular complexity index is 1060. The molecule has 0 bridgehead atoms. The van der Waals surface area contributed by atoms with E-state index in [9.17, 15) is 14.0 Å². The number of likely N-dealkylation sites (tertiary alicyclic amines) is 1. The van der Waals surface area contributed by atoms with Crippen LogP contribution in [0, 0.1) is 5.82 Å². The molecule has 0 spiro atoms. The van der Waals surface area contributed by atoms with Crippen molar-refractivity contribution in [3.8, 4) is 0 Å². The lowest BCUT2D eigenvalue weighted by molar-refractivity contribution is -0.114. The van der Waals surface area contributed by atoms with Gasteiger partial charge in [-0.05, 0) is 49.7 Å². The van der Waals surface area contributed by atoms with Gasteiger partial charge in [0, 0.05) is 12.5 Å². The number of para-hydroxylation sites is 1. The maximum absolute atomic E-state index is 13.5. The van der Waals surface area contributed by atoms with E-state index in [0.29, 0.717) is 18.3 Å². The minimum Gasteiger partial charge on any atom is -0.291 e. The van der Waals surface area contributed by atoms with Crippen LogP contribution in [0.4, 0.5) is 10.1 Å². The number of thiazole rings is 1. The molecule has 2 aromatic carbocycles. The lowest BCUT2D eigenvalue weighted by Gasteiger charge is -2.34. The standard InChI is InChI=1S/C21H18FN3O2S/c22-14-7-8-17-15(10-14)19(26)21(27)25(17)12-24-9-3-4-13(11-24)20-23-16-5-1-2-6-18(16)28-20/h1-2,5-8,10,13H,3-4,9,11-12H2/t13-/m1/s1. The van der Waals surface area contributed by atoms with Gasteiger partial charge in [-0.2, -0.15) is 0 Å². The van der Waals surface area contributed by atoms with Crippen LogP contribution in [-0.4, -0.2) is 41.3 Å². The number of benzene rings is 2. The highest BCUT2D eigenvalue weighted by Crippen LogP contribution is 2.34. The molecule has 1 saturated heterocycles. The third-order valence-electron chi connectivity index (χ3n) is 5.44. The normalized spacial score (nSPS) is 20.2. The van der Waals surface area contributed by atoms with Crippen LogP contribution in [-0.2, 0) is 4.79 Å². The summed E-state index contributed by atoms with van der Waals surface area (Å²) < 4.78 is 14.7. The predicted molar refractivity (Wildman–Crippen MR) is 106 cm³/mol. The Morgan fingerprint density at radius 2 is 2.04 bits per heavy atom. The summed E-state index contributed by atoms with van der Waals surface area (Å²) in [4.78, 5) is 33.1. The van der Waals surface area contributed by atoms with E-state index < -0.39 is 17.5 Å². The number of Topliss-reactive ketones (excluding diaryl/α,β-unsaturated/α-hetero) is 1. The number of anilines is 1. The molecule has 28 heavy (non-hydrogen) atoms. The lowest BCUT2D eigenvalue weighted by atomic mass is 9.99. The molecule has 5 rings (SSSR count). The van der Waals surface area contributed by atoms with E-state index in [4.69, 9.17) is 4.98 Å². The van der Waals surface area contributed by atoms with Gasteiger partial charge in [0.25, 0.3) is 5.78 Å². The molecule has 142 valence electrons. The summed E-state index contributed by atoms with van der Waals surface area (Å²) in [6.45, 7) is 1.98. The van der Waals surface area contributed by atoms with Crippen molar-refractivity contribution in [2.24, 2.45) is 0 Å². The number of ketones is 1. The lowest BCUT2D eigenvalue weighted by Crippen LogP contribution is -2.44. The molecule has 0 radical (unpaired) electrons. The molecular formula is C21H18FN3O2S. The second kappa shape index (κ2) is 6.76. The van der Waals surface area contributed by atoms with Gasteiger partial charge in [0.05, 0.1) is 33.1 Å². The van der Waals surface area contributed by atoms with Crippen LogP contribution in [0.3, 0.4) is 0 Å². The first-order valence-electron chi connectivity index (χ1n) is 9.34. The Labute approximate surface area is 165 Å². The Morgan fingerprint density at radius 3 is 2.89 bits per heavy atom. The van der Waals surface area contributed by atoms with Crippen LogP contribution in [0.1, 0.15) is 34.1 Å². The first-order chi connectivity index (χ1) is 13.6. The number of carbonyl (C=O) groups is 2. The Morgan fingerprint density at radius 1 is 1.18 bits per heavy atom. The van der Waals surface area contributed by atoms with Gasteiger partial charge in [0.2, 0.25) is 0 Å². The van der Waals surface area contributed by atoms with E-state index >= 15 is 0 Å². The van der Waals surface area contributed by atoms with Crippen molar-refractivity contribution in [2.45, 2.75) is 18.8 Å². The fraction of sp³-hybridized carbons (Fsp3) is 0.286. The van der Waals surface area contributed by atoms with Crippen molar-refractivity contribution in [2.75, 3.05) is 24.7 Å². The average molecular weight is 395 g/mol. The van der Waals surface area contributed by atoms with Crippen LogP contribution in [0.5, 0.6) is 0 Å². The molecule has 0 saturated carbocycles. The van der Waals surface area contributed by atoms with Crippen LogP contribution in [0.15, 0.2) is 42.5 Å². The summed E-state index contributed by atoms with van der Waals surface area (Å²) in [7, 11) is 0. The number of aromatic nitrogens is 1. The van der Waals surface area contributed by atoms with Gasteiger partial charge in [0.1, 0.15) is 5.82 Å². The highest BCUT2D eigenvalue weighted by atomic mass is 32.1. The number of rotatable bonds is 3. The molecule has 3 heterocycles. The molecular weight excluding hydrogens is 377 g/mol. The highest BCUT2D eigenvalue weighted by Gasteiger charge is 2.37. The highest BCUT2D eigenvalue weighted by molar-refractivity contribution is 7.18. The fourth-order valence-corrected chi connectivity index (χ4v) is 5.16. The average Bonchev–Trinajstić information content (AvgIpc) is 3.24. The molecule has 1 aromatic heterocycles. The molecule has 0 unspecified atom stereocenters. The summed E-state index contributed by atoms with van der Waals surface area (Å²) in [6, 6.07) is 12.1. The number of amides is 1. The van der Waals surface area contributed by atoms with Gasteiger partial charge in [0.15, 0.2) is 0 Å². The van der Waals surface area contributed by atoms with Crippen LogP contribution in [0.2, 0.25) is 0 Å². The molecule has 0 aliphatic carbocycles. The van der Waals surface area contributed by atoms with Gasteiger partial charge in [-0.3, -0.25) is 19.4 Å². The van der Waals surface area contributed by atoms with Crippen molar-refractivity contribution < 1.29 is 14.0 Å². The number of fused-ring (bicyclic) bond motifs is 2. The van der Waals surface area contributed by atoms with Crippen LogP contribution >= 0.6 is 11.3 Å². The zero-order chi connectivity index (χ0) is 19.3. The molecule has 1 fully saturated rings. The zero-order valence-electron chi connectivity index (χ0n) is 15.1. The van der Waals surface area contributed by atoms with Crippen LogP contribution in [0.25, 0.3) is 10.2 Å². The van der Waals surface area contributed by atoms with Gasteiger partial charge >= 0.3 is 5.91 Å². The minimum absolute atomic E-state index is 0.157. The molecule has 7 heteroatoms. The van der Waals surface area contributed by atoms with Crippen molar-refractivity contribution in [1.29, 1.82) is 0 Å². The van der Waals surface area contributed by atoms with Crippen molar-refractivity contribution >= 4 is 38.9 Å². The summed E-state index contributed by atoms with van der Waals surface area (Å²) >= 11 is 1.73. The van der Waals surface area contributed by atoms with E-state index in [1.807, 2.05) is 18.2 Å². The largest absolute Gasteiger partial charge is 0.300 e. The van der Waals surface area contributed by atoms with Crippen molar-refractivity contribution in [3.63, 3.8) is 0 Å². The van der Waals surface area contributed by atoms with Gasteiger partial charge in [-0.25, -0.2) is 9.37 Å². The number of carbonyl (C=O) groups excluding carboxylic acids is 2. The van der Waals surface area contributed by atoms with Crippen LogP contribution < -0.4 is 4.90 Å². The third kappa shape index (κ3) is 2.91. The first-order valence-corrected chi connectivity index (χ1v) is 10.2. The summed E-state index contributed by atoms with van der Waals surface area (Å²) in [5, 5.41) is 1.12. The van der Waals surface area contributed by atoms with Gasteiger partial charge in [-0.1, -0.05) is 12.1 Å². The maximum Gasteiger partial charge on any atom is 0.300 e. The smallest absolute Gasteiger partial charge is 0.291 e. The summed E-state index contributed by atoms with van der Waals surface area (Å²) in [5.74, 6) is -1.40. The SMILES string of the molecule is O=C1C(=O)N(CN2CCC[C@@H](c3nc4ccccc4s3)C2)c2ccc(F)cc21. The number of halogens is 1. The predicted octanol–water partition coefficient (Wildman–Crippen LogP) is 3.80. The first kappa shape index (κ1) is 17.5. The summed E-state index contributed by atoms with van der Waals surface area (Å²) in [5.41, 5.74) is 1.68. The second-order valence-electron chi connectivity index (χ2n) is 7.30. The number of nitrogens with zero attached hydrogens (tertiary/aromatic N) is 3. The van der Waals surface area contributed by atoms with Crippen molar-refractivity contribution in [1.82, 2.24) is 9.88 Å². The molecule has 2 aliphatic heterocycles. The molecule has 2 aliphatic rings. The Hall–Kier alpha value is -2.64. The zero-order valence-corrected chi connectivity index (χ0v) is 15.9. The van der Waals surface area contributed by atoms with E-state index in [-0.39, 0.29) is 5.56 Å². The van der Waals surface area contributed by atoms with Gasteiger partial charge in [-0.15, -0.1) is 11.3 Å². The molecule has 0 N–H and O–H groups in total. The molecule has 1 atom stereocenters. The van der Waals surface area contributed by atoms with E-state index in [0.717, 1.165) is 42.5 Å². The number of piperidine rings is 1. The monoisotopic (exact) mass is 395 g/mol. The fourth-order valence-electron chi connectivity index (χ4n) is 4.06. The van der Waals surface area contributed by atoms with E-state index in [1.165, 1.54) is 21.7 Å².